The highest BCUT2D eigenvalue weighted by molar-refractivity contribution is 7.99. The molecule has 7 heteroatoms. The summed E-state index contributed by atoms with van der Waals surface area (Å²) in [5.41, 5.74) is 3.06. The molecule has 2 aromatic carbocycles. The van der Waals surface area contributed by atoms with Crippen molar-refractivity contribution in [2.75, 3.05) is 19.3 Å². The van der Waals surface area contributed by atoms with Crippen molar-refractivity contribution < 1.29 is 14.4 Å². The van der Waals surface area contributed by atoms with Gasteiger partial charge in [-0.1, -0.05) is 49.2 Å². The number of hydrogen-bond acceptors (Lipinski definition) is 5. The highest BCUT2D eigenvalue weighted by Gasteiger charge is 2.39. The minimum absolute atomic E-state index is 0.105. The van der Waals surface area contributed by atoms with Crippen LogP contribution in [0.2, 0.25) is 0 Å². The molecule has 34 heavy (non-hydrogen) atoms. The first-order chi connectivity index (χ1) is 16.5. The number of amides is 3. The van der Waals surface area contributed by atoms with Crippen molar-refractivity contribution in [1.82, 2.24) is 15.1 Å². The molecule has 0 aliphatic carbocycles. The Morgan fingerprint density at radius 2 is 1.79 bits per heavy atom. The van der Waals surface area contributed by atoms with Crippen LogP contribution in [0.25, 0.3) is 0 Å². The summed E-state index contributed by atoms with van der Waals surface area (Å²) in [4.78, 5) is 41.8. The van der Waals surface area contributed by atoms with Gasteiger partial charge >= 0.3 is 0 Å². The van der Waals surface area contributed by atoms with E-state index >= 15 is 0 Å². The predicted molar refractivity (Wildman–Crippen MR) is 134 cm³/mol. The highest BCUT2D eigenvalue weighted by Crippen LogP contribution is 2.34. The zero-order valence-electron chi connectivity index (χ0n) is 19.8. The molecule has 2 aromatic rings. The Morgan fingerprint density at radius 3 is 2.59 bits per heavy atom. The van der Waals surface area contributed by atoms with Crippen molar-refractivity contribution in [2.45, 2.75) is 62.6 Å². The number of carbonyl (C=O) groups is 3. The largest absolute Gasteiger partial charge is 0.322 e. The third-order valence-corrected chi connectivity index (χ3v) is 7.71. The van der Waals surface area contributed by atoms with Crippen molar-refractivity contribution in [1.29, 1.82) is 0 Å². The number of benzene rings is 2. The normalized spacial score (nSPS) is 17.9. The van der Waals surface area contributed by atoms with Gasteiger partial charge in [0, 0.05) is 30.0 Å². The van der Waals surface area contributed by atoms with Gasteiger partial charge < -0.3 is 9.80 Å². The first kappa shape index (κ1) is 24.5. The summed E-state index contributed by atoms with van der Waals surface area (Å²) in [5, 5.41) is 2.37. The minimum Gasteiger partial charge on any atom is -0.322 e. The summed E-state index contributed by atoms with van der Waals surface area (Å²) in [6.07, 6.45) is 5.43. The van der Waals surface area contributed by atoms with Gasteiger partial charge in [-0.2, -0.15) is 0 Å². The van der Waals surface area contributed by atoms with Gasteiger partial charge in [0.2, 0.25) is 11.8 Å². The lowest BCUT2D eigenvalue weighted by atomic mass is 10.0. The first-order valence-corrected chi connectivity index (χ1v) is 13.1. The van der Waals surface area contributed by atoms with Crippen LogP contribution < -0.4 is 5.32 Å². The number of nitrogens with one attached hydrogen (secondary N) is 1. The lowest BCUT2D eigenvalue weighted by Gasteiger charge is -2.29. The fourth-order valence-electron chi connectivity index (χ4n) is 4.69. The second-order valence-corrected chi connectivity index (χ2v) is 10.3. The highest BCUT2D eigenvalue weighted by atomic mass is 32.2. The molecule has 0 aromatic heterocycles. The summed E-state index contributed by atoms with van der Waals surface area (Å²) in [7, 11) is 2.18. The van der Waals surface area contributed by atoms with E-state index in [1.807, 2.05) is 12.1 Å². The maximum absolute atomic E-state index is 12.9. The molecule has 1 N–H and O–H groups in total. The molecule has 0 spiro atoms. The number of imide groups is 1. The Bertz CT molecular complexity index is 1030. The van der Waals surface area contributed by atoms with Crippen molar-refractivity contribution in [2.24, 2.45) is 0 Å². The number of thioether (sulfide) groups is 1. The van der Waals surface area contributed by atoms with E-state index in [-0.39, 0.29) is 24.1 Å². The summed E-state index contributed by atoms with van der Waals surface area (Å²) in [5.74, 6) is 0.292. The van der Waals surface area contributed by atoms with Crippen LogP contribution in [0.15, 0.2) is 53.4 Å². The standard InChI is InChI=1S/C27H33N3O3S/c1-29(18-20-10-5-4-6-11-20)16-7-2-3-8-17-34-24-13-9-12-21-22(24)19-30(27(21)33)23-14-15-25(31)28-26(23)32/h4-6,9-13,23H,2-3,7-8,14-19H2,1H3,(H,28,31,32). The van der Waals surface area contributed by atoms with Gasteiger partial charge in [0.25, 0.3) is 5.91 Å². The van der Waals surface area contributed by atoms with Gasteiger partial charge in [-0.3, -0.25) is 19.7 Å². The van der Waals surface area contributed by atoms with Crippen molar-refractivity contribution in [3.63, 3.8) is 0 Å². The van der Waals surface area contributed by atoms with Crippen LogP contribution in [0, 0.1) is 0 Å². The van der Waals surface area contributed by atoms with Crippen LogP contribution in [0.1, 0.15) is 60.0 Å². The van der Waals surface area contributed by atoms with Gasteiger partial charge in [0.15, 0.2) is 0 Å². The Labute approximate surface area is 206 Å². The fourth-order valence-corrected chi connectivity index (χ4v) is 5.78. The number of unbranched alkanes of at least 4 members (excludes halogenated alkanes) is 3. The van der Waals surface area contributed by atoms with Crippen molar-refractivity contribution >= 4 is 29.5 Å². The molecule has 2 aliphatic rings. The molecule has 2 heterocycles. The molecule has 4 rings (SSSR count). The third-order valence-electron chi connectivity index (χ3n) is 6.53. The molecule has 2 aliphatic heterocycles. The number of piperidine rings is 1. The Balaban J connectivity index is 1.19. The Kier molecular flexibility index (Phi) is 8.40. The van der Waals surface area contributed by atoms with Gasteiger partial charge in [0.1, 0.15) is 6.04 Å². The van der Waals surface area contributed by atoms with E-state index in [4.69, 9.17) is 0 Å². The van der Waals surface area contributed by atoms with Crippen LogP contribution in [0.4, 0.5) is 0 Å². The molecule has 1 unspecified atom stereocenters. The topological polar surface area (TPSA) is 69.7 Å². The number of carbonyl (C=O) groups excluding carboxylic acids is 3. The van der Waals surface area contributed by atoms with Gasteiger partial charge in [-0.15, -0.1) is 11.8 Å². The summed E-state index contributed by atoms with van der Waals surface area (Å²) < 4.78 is 0. The number of hydrogen-bond donors (Lipinski definition) is 1. The summed E-state index contributed by atoms with van der Waals surface area (Å²) in [6, 6.07) is 15.9. The van der Waals surface area contributed by atoms with Crippen LogP contribution in [0.3, 0.4) is 0 Å². The molecule has 1 fully saturated rings. The number of fused-ring (bicyclic) bond motifs is 1. The van der Waals surface area contributed by atoms with E-state index in [1.54, 1.807) is 16.7 Å². The zero-order valence-corrected chi connectivity index (χ0v) is 20.6. The van der Waals surface area contributed by atoms with E-state index in [2.05, 4.69) is 53.7 Å². The molecule has 180 valence electrons. The van der Waals surface area contributed by atoms with E-state index in [9.17, 15) is 14.4 Å². The van der Waals surface area contributed by atoms with Crippen molar-refractivity contribution in [3.8, 4) is 0 Å². The second-order valence-electron chi connectivity index (χ2n) is 9.17. The summed E-state index contributed by atoms with van der Waals surface area (Å²) >= 11 is 1.80. The molecule has 6 nitrogen and oxygen atoms in total. The van der Waals surface area contributed by atoms with Crippen molar-refractivity contribution in [3.05, 3.63) is 65.2 Å². The predicted octanol–water partition coefficient (Wildman–Crippen LogP) is 4.23. The zero-order chi connectivity index (χ0) is 23.9. The van der Waals surface area contributed by atoms with Gasteiger partial charge in [0.05, 0.1) is 0 Å². The van der Waals surface area contributed by atoms with Gasteiger partial charge in [-0.25, -0.2) is 0 Å². The molecule has 0 bridgehead atoms. The average Bonchev–Trinajstić information content (AvgIpc) is 3.16. The molecule has 3 amide bonds. The number of rotatable bonds is 11. The maximum Gasteiger partial charge on any atom is 0.255 e. The molecule has 1 saturated heterocycles. The average molecular weight is 480 g/mol. The van der Waals surface area contributed by atoms with E-state index < -0.39 is 6.04 Å². The molecule has 0 radical (unpaired) electrons. The van der Waals surface area contributed by atoms with E-state index in [0.29, 0.717) is 18.5 Å². The second kappa shape index (κ2) is 11.7. The minimum atomic E-state index is -0.560. The Morgan fingerprint density at radius 1 is 1.00 bits per heavy atom. The third kappa shape index (κ3) is 6.07. The SMILES string of the molecule is CN(CCCCCCSc1cccc2c1CN(C1CCC(=O)NC1=O)C2=O)Cc1ccccc1. The summed E-state index contributed by atoms with van der Waals surface area (Å²) in [6.45, 7) is 2.54. The molecular formula is C27H33N3O3S. The monoisotopic (exact) mass is 479 g/mol. The first-order valence-electron chi connectivity index (χ1n) is 12.1. The lowest BCUT2D eigenvalue weighted by molar-refractivity contribution is -0.136. The molecular weight excluding hydrogens is 446 g/mol. The quantitative estimate of drug-likeness (QED) is 0.297. The Hall–Kier alpha value is -2.64. The maximum atomic E-state index is 12.9. The van der Waals surface area contributed by atoms with E-state index in [1.165, 1.54) is 24.8 Å². The van der Waals surface area contributed by atoms with Crippen LogP contribution in [-0.2, 0) is 22.7 Å². The molecule has 1 atom stereocenters. The van der Waals surface area contributed by atoms with Gasteiger partial charge in [-0.05, 0) is 61.9 Å². The molecule has 0 saturated carbocycles. The fraction of sp³-hybridized carbons (Fsp3) is 0.444. The van der Waals surface area contributed by atoms with Crippen LogP contribution in [0.5, 0.6) is 0 Å². The van der Waals surface area contributed by atoms with E-state index in [0.717, 1.165) is 35.7 Å². The number of nitrogens with zero attached hydrogens (tertiary/aromatic N) is 2. The lowest BCUT2D eigenvalue weighted by Crippen LogP contribution is -2.52. The van der Waals surface area contributed by atoms with Crippen LogP contribution >= 0.6 is 11.8 Å². The smallest absolute Gasteiger partial charge is 0.255 e. The van der Waals surface area contributed by atoms with Crippen LogP contribution in [-0.4, -0.2) is 52.9 Å².